The van der Waals surface area contributed by atoms with Gasteiger partial charge in [-0.1, -0.05) is 12.1 Å². The largest absolute Gasteiger partial charge is 0.378 e. The van der Waals surface area contributed by atoms with E-state index < -0.39 is 0 Å². The summed E-state index contributed by atoms with van der Waals surface area (Å²) in [6.45, 7) is 2.69. The molecule has 3 aromatic rings. The van der Waals surface area contributed by atoms with Gasteiger partial charge < -0.3 is 10.2 Å². The second-order valence-corrected chi connectivity index (χ2v) is 6.66. The maximum atomic E-state index is 4.97. The first-order valence-corrected chi connectivity index (χ1v) is 8.68. The fourth-order valence-electron chi connectivity index (χ4n) is 3.36. The van der Waals surface area contributed by atoms with Crippen LogP contribution < -0.4 is 10.2 Å². The van der Waals surface area contributed by atoms with Crippen molar-refractivity contribution < 1.29 is 0 Å². The van der Waals surface area contributed by atoms with Crippen molar-refractivity contribution in [3.8, 4) is 11.3 Å². The number of hydrogen-bond acceptors (Lipinski definition) is 4. The van der Waals surface area contributed by atoms with E-state index in [2.05, 4.69) is 70.4 Å². The van der Waals surface area contributed by atoms with E-state index in [1.165, 1.54) is 28.1 Å². The fraction of sp³-hybridized carbons (Fsp3) is 0.300. The molecule has 4 rings (SSSR count). The van der Waals surface area contributed by atoms with Crippen LogP contribution in [0.3, 0.4) is 0 Å². The van der Waals surface area contributed by atoms with Gasteiger partial charge in [-0.05, 0) is 29.8 Å². The first-order valence-electron chi connectivity index (χ1n) is 8.68. The molecule has 0 radical (unpaired) electrons. The van der Waals surface area contributed by atoms with E-state index in [0.29, 0.717) is 0 Å². The van der Waals surface area contributed by atoms with Crippen LogP contribution in [0.25, 0.3) is 11.3 Å². The summed E-state index contributed by atoms with van der Waals surface area (Å²) in [4.78, 5) is 6.22. The zero-order valence-corrected chi connectivity index (χ0v) is 14.7. The Kier molecular flexibility index (Phi) is 4.24. The topological polar surface area (TPSA) is 46.0 Å². The van der Waals surface area contributed by atoms with E-state index >= 15 is 0 Å². The Morgan fingerprint density at radius 3 is 2.56 bits per heavy atom. The highest BCUT2D eigenvalue weighted by Gasteiger charge is 2.21. The van der Waals surface area contributed by atoms with Crippen LogP contribution in [0, 0.1) is 0 Å². The Bertz CT molecular complexity index is 850. The first kappa shape index (κ1) is 15.8. The van der Waals surface area contributed by atoms with Gasteiger partial charge in [0.25, 0.3) is 0 Å². The molecule has 0 aliphatic carbocycles. The van der Waals surface area contributed by atoms with Gasteiger partial charge in [0.15, 0.2) is 0 Å². The minimum absolute atomic E-state index is 0.792. The highest BCUT2D eigenvalue weighted by atomic mass is 15.3. The van der Waals surface area contributed by atoms with Crippen LogP contribution in [0.5, 0.6) is 0 Å². The van der Waals surface area contributed by atoms with E-state index in [4.69, 9.17) is 5.10 Å². The molecule has 0 spiro atoms. The van der Waals surface area contributed by atoms with E-state index in [-0.39, 0.29) is 0 Å². The van der Waals surface area contributed by atoms with Crippen molar-refractivity contribution in [2.75, 3.05) is 25.5 Å². The van der Waals surface area contributed by atoms with Gasteiger partial charge >= 0.3 is 0 Å². The molecule has 0 bridgehead atoms. The van der Waals surface area contributed by atoms with E-state index in [1.807, 2.05) is 12.4 Å². The van der Waals surface area contributed by atoms with Crippen molar-refractivity contribution in [1.29, 1.82) is 0 Å². The van der Waals surface area contributed by atoms with Gasteiger partial charge in [0.05, 0.1) is 12.2 Å². The summed E-state index contributed by atoms with van der Waals surface area (Å²) in [5.41, 5.74) is 7.39. The Hall–Kier alpha value is -2.66. The summed E-state index contributed by atoms with van der Waals surface area (Å²) in [5.74, 6) is 0. The third kappa shape index (κ3) is 3.15. The van der Waals surface area contributed by atoms with Gasteiger partial charge in [-0.3, -0.25) is 9.67 Å². The number of hydrogen-bond donors (Lipinski definition) is 1. The lowest BCUT2D eigenvalue weighted by molar-refractivity contribution is 0.582. The average Bonchev–Trinajstić information content (AvgIpc) is 3.01. The molecule has 3 heterocycles. The molecule has 0 unspecified atom stereocenters. The van der Waals surface area contributed by atoms with E-state index in [9.17, 15) is 0 Å². The number of rotatable bonds is 4. The molecule has 1 aliphatic rings. The number of benzene rings is 1. The van der Waals surface area contributed by atoms with Gasteiger partial charge in [-0.15, -0.1) is 0 Å². The SMILES string of the molecule is CN(C)c1ccc(-c2nn(Cc3ccncc3)c3c2CNCC3)cc1. The third-order valence-electron chi connectivity index (χ3n) is 4.75. The molecular formula is C20H23N5. The minimum Gasteiger partial charge on any atom is -0.378 e. The number of fused-ring (bicyclic) bond motifs is 1. The van der Waals surface area contributed by atoms with Gasteiger partial charge in [0.1, 0.15) is 0 Å². The highest BCUT2D eigenvalue weighted by molar-refractivity contribution is 5.67. The smallest absolute Gasteiger partial charge is 0.0971 e. The number of pyridine rings is 1. The second-order valence-electron chi connectivity index (χ2n) is 6.66. The van der Waals surface area contributed by atoms with E-state index in [0.717, 1.165) is 31.7 Å². The van der Waals surface area contributed by atoms with Crippen LogP contribution in [0.1, 0.15) is 16.8 Å². The predicted octanol–water partition coefficient (Wildman–Crippen LogP) is 2.71. The minimum atomic E-state index is 0.792. The molecule has 0 saturated heterocycles. The normalized spacial score (nSPS) is 13.5. The van der Waals surface area contributed by atoms with Crippen molar-refractivity contribution in [1.82, 2.24) is 20.1 Å². The fourth-order valence-corrected chi connectivity index (χ4v) is 3.36. The second kappa shape index (κ2) is 6.69. The summed E-state index contributed by atoms with van der Waals surface area (Å²) < 4.78 is 2.17. The quantitative estimate of drug-likeness (QED) is 0.797. The Labute approximate surface area is 148 Å². The molecule has 1 aliphatic heterocycles. The van der Waals surface area contributed by atoms with Crippen LogP contribution in [0.2, 0.25) is 0 Å². The first-order chi connectivity index (χ1) is 12.2. The summed E-state index contributed by atoms with van der Waals surface area (Å²) in [5, 5.41) is 8.46. The average molecular weight is 333 g/mol. The van der Waals surface area contributed by atoms with Crippen molar-refractivity contribution in [3.05, 3.63) is 65.6 Å². The summed E-state index contributed by atoms with van der Waals surface area (Å²) in [6.07, 6.45) is 4.70. The van der Waals surface area contributed by atoms with Crippen molar-refractivity contribution in [2.24, 2.45) is 0 Å². The Morgan fingerprint density at radius 1 is 1.08 bits per heavy atom. The molecule has 1 N–H and O–H groups in total. The molecule has 1 aromatic carbocycles. The lowest BCUT2D eigenvalue weighted by Gasteiger charge is -2.16. The molecule has 0 saturated carbocycles. The van der Waals surface area contributed by atoms with Gasteiger partial charge in [-0.25, -0.2) is 0 Å². The zero-order chi connectivity index (χ0) is 17.2. The van der Waals surface area contributed by atoms with Crippen LogP contribution in [0.4, 0.5) is 5.69 Å². The van der Waals surface area contributed by atoms with Gasteiger partial charge in [0.2, 0.25) is 0 Å². The molecule has 0 fully saturated rings. The molecule has 0 amide bonds. The van der Waals surface area contributed by atoms with Crippen LogP contribution in [-0.2, 0) is 19.5 Å². The molecule has 0 atom stereocenters. The maximum absolute atomic E-state index is 4.97. The van der Waals surface area contributed by atoms with Gasteiger partial charge in [0, 0.05) is 68.5 Å². The molecule has 2 aromatic heterocycles. The number of nitrogens with zero attached hydrogens (tertiary/aromatic N) is 4. The molecular weight excluding hydrogens is 310 g/mol. The van der Waals surface area contributed by atoms with Crippen molar-refractivity contribution in [3.63, 3.8) is 0 Å². The zero-order valence-electron chi connectivity index (χ0n) is 14.7. The van der Waals surface area contributed by atoms with Crippen molar-refractivity contribution in [2.45, 2.75) is 19.5 Å². The third-order valence-corrected chi connectivity index (χ3v) is 4.75. The summed E-state index contributed by atoms with van der Waals surface area (Å²) in [7, 11) is 4.12. The number of anilines is 1. The standard InChI is InChI=1S/C20H23N5/c1-24(2)17-5-3-16(4-6-17)20-18-13-22-12-9-19(18)25(23-20)14-15-7-10-21-11-8-15/h3-8,10-11,22H,9,12-14H2,1-2H3. The molecule has 5 nitrogen and oxygen atoms in total. The van der Waals surface area contributed by atoms with Crippen LogP contribution in [0.15, 0.2) is 48.8 Å². The number of aromatic nitrogens is 3. The lowest BCUT2D eigenvalue weighted by atomic mass is 10.0. The monoisotopic (exact) mass is 333 g/mol. The highest BCUT2D eigenvalue weighted by Crippen LogP contribution is 2.29. The summed E-state index contributed by atoms with van der Waals surface area (Å²) in [6, 6.07) is 12.8. The molecule has 5 heteroatoms. The van der Waals surface area contributed by atoms with Gasteiger partial charge in [-0.2, -0.15) is 5.10 Å². The lowest BCUT2D eigenvalue weighted by Crippen LogP contribution is -2.25. The maximum Gasteiger partial charge on any atom is 0.0971 e. The Balaban J connectivity index is 1.73. The molecule has 128 valence electrons. The number of nitrogens with one attached hydrogen (secondary N) is 1. The predicted molar refractivity (Wildman–Crippen MR) is 101 cm³/mol. The molecule has 25 heavy (non-hydrogen) atoms. The van der Waals surface area contributed by atoms with Crippen LogP contribution >= 0.6 is 0 Å². The van der Waals surface area contributed by atoms with E-state index in [1.54, 1.807) is 0 Å². The van der Waals surface area contributed by atoms with Crippen molar-refractivity contribution >= 4 is 5.69 Å². The van der Waals surface area contributed by atoms with Crippen LogP contribution in [-0.4, -0.2) is 35.4 Å². The Morgan fingerprint density at radius 2 is 1.84 bits per heavy atom. The summed E-state index contributed by atoms with van der Waals surface area (Å²) >= 11 is 0.